The number of halogens is 1. The molecular formula is C18H27ClN6O5. The first kappa shape index (κ1) is 27.0. The number of nitrogens with one attached hydrogen (secondary N) is 3. The summed E-state index contributed by atoms with van der Waals surface area (Å²) in [5.74, 6) is 0. The molecule has 0 saturated carbocycles. The minimum Gasteiger partial charge on any atom is -0.412 e. The molecule has 166 valence electrons. The fourth-order valence-corrected chi connectivity index (χ4v) is 3.52. The molecule has 1 aliphatic rings. The van der Waals surface area contributed by atoms with Crippen molar-refractivity contribution in [3.63, 3.8) is 0 Å². The Morgan fingerprint density at radius 2 is 2.00 bits per heavy atom. The summed E-state index contributed by atoms with van der Waals surface area (Å²) in [6, 6.07) is 5.25. The third-order valence-corrected chi connectivity index (χ3v) is 4.69. The Labute approximate surface area is 178 Å². The lowest BCUT2D eigenvalue weighted by Gasteiger charge is -2.22. The van der Waals surface area contributed by atoms with Crippen molar-refractivity contribution in [1.82, 2.24) is 19.7 Å². The summed E-state index contributed by atoms with van der Waals surface area (Å²) in [6.07, 6.45) is 4.18. The van der Waals surface area contributed by atoms with Gasteiger partial charge in [-0.15, -0.1) is 12.4 Å². The Morgan fingerprint density at radius 3 is 2.67 bits per heavy atom. The molecule has 0 saturated heterocycles. The van der Waals surface area contributed by atoms with Crippen LogP contribution < -0.4 is 21.9 Å². The van der Waals surface area contributed by atoms with E-state index < -0.39 is 5.54 Å². The lowest BCUT2D eigenvalue weighted by atomic mass is 9.93. The number of hydrogen-bond acceptors (Lipinski definition) is 4. The Balaban J connectivity index is 0.00000210. The van der Waals surface area contributed by atoms with Crippen LogP contribution in [0.25, 0.3) is 16.9 Å². The zero-order valence-corrected chi connectivity index (χ0v) is 17.3. The summed E-state index contributed by atoms with van der Waals surface area (Å²) in [5.41, 5.74) is 9.63. The van der Waals surface area contributed by atoms with Gasteiger partial charge in [-0.3, -0.25) is 9.20 Å². The van der Waals surface area contributed by atoms with E-state index in [1.807, 2.05) is 26.0 Å². The van der Waals surface area contributed by atoms with Crippen LogP contribution in [-0.2, 0) is 5.54 Å². The molecule has 0 radical (unpaired) electrons. The Morgan fingerprint density at radius 1 is 1.30 bits per heavy atom. The van der Waals surface area contributed by atoms with Crippen molar-refractivity contribution >= 4 is 29.8 Å². The number of urea groups is 1. The maximum atomic E-state index is 12.3. The highest BCUT2D eigenvalue weighted by atomic mass is 35.5. The molecule has 12 heteroatoms. The lowest BCUT2D eigenvalue weighted by molar-refractivity contribution is 0.252. The van der Waals surface area contributed by atoms with Crippen LogP contribution in [0.2, 0.25) is 0 Å². The SMILES string of the molecule is CCCNC(=O)Nc1ccc2c(c1)C(C)(N)c1c-2[nH]c(=O)c2nccn12.Cl.O.O.O. The second kappa shape index (κ2) is 9.69. The average molecular weight is 443 g/mol. The predicted molar refractivity (Wildman–Crippen MR) is 117 cm³/mol. The normalized spacial score (nSPS) is 15.4. The maximum Gasteiger partial charge on any atom is 0.319 e. The van der Waals surface area contributed by atoms with E-state index >= 15 is 0 Å². The Kier molecular flexibility index (Phi) is 8.74. The first-order valence-corrected chi connectivity index (χ1v) is 8.52. The molecule has 4 rings (SSSR count). The molecule has 0 bridgehead atoms. The molecule has 1 unspecified atom stereocenters. The number of hydrogen-bond donors (Lipinski definition) is 4. The summed E-state index contributed by atoms with van der Waals surface area (Å²) in [5, 5.41) is 5.59. The Bertz CT molecular complexity index is 1090. The number of rotatable bonds is 3. The number of aromatic amines is 1. The highest BCUT2D eigenvalue weighted by Gasteiger charge is 2.39. The second-order valence-electron chi connectivity index (χ2n) is 6.64. The third-order valence-electron chi connectivity index (χ3n) is 4.69. The number of amides is 2. The van der Waals surface area contributed by atoms with Crippen molar-refractivity contribution in [3.05, 3.63) is 52.2 Å². The van der Waals surface area contributed by atoms with E-state index in [0.29, 0.717) is 23.6 Å². The molecule has 1 atom stereocenters. The second-order valence-corrected chi connectivity index (χ2v) is 6.64. The molecule has 0 spiro atoms. The molecule has 0 aliphatic heterocycles. The molecule has 1 aromatic carbocycles. The zero-order chi connectivity index (χ0) is 18.5. The monoisotopic (exact) mass is 442 g/mol. The van der Waals surface area contributed by atoms with Crippen LogP contribution in [0.15, 0.2) is 35.4 Å². The van der Waals surface area contributed by atoms with Crippen LogP contribution in [-0.4, -0.2) is 43.4 Å². The van der Waals surface area contributed by atoms with Crippen molar-refractivity contribution in [1.29, 1.82) is 0 Å². The molecule has 11 nitrogen and oxygen atoms in total. The van der Waals surface area contributed by atoms with E-state index in [4.69, 9.17) is 5.73 Å². The van der Waals surface area contributed by atoms with Crippen molar-refractivity contribution in [2.24, 2.45) is 5.73 Å². The average Bonchev–Trinajstić information content (AvgIpc) is 3.16. The number of H-pyrrole nitrogens is 1. The maximum absolute atomic E-state index is 12.3. The number of fused-ring (bicyclic) bond motifs is 5. The van der Waals surface area contributed by atoms with Gasteiger partial charge in [0, 0.05) is 30.2 Å². The molecular weight excluding hydrogens is 416 g/mol. The first-order valence-electron chi connectivity index (χ1n) is 8.52. The van der Waals surface area contributed by atoms with Crippen LogP contribution in [0.5, 0.6) is 0 Å². The fourth-order valence-electron chi connectivity index (χ4n) is 3.52. The van der Waals surface area contributed by atoms with Gasteiger partial charge in [-0.1, -0.05) is 13.0 Å². The summed E-state index contributed by atoms with van der Waals surface area (Å²) >= 11 is 0. The van der Waals surface area contributed by atoms with Gasteiger partial charge in [0.15, 0.2) is 0 Å². The number of carbonyl (C=O) groups excluding carboxylic acids is 1. The van der Waals surface area contributed by atoms with Crippen molar-refractivity contribution in [2.45, 2.75) is 25.8 Å². The van der Waals surface area contributed by atoms with Gasteiger partial charge in [-0.2, -0.15) is 0 Å². The van der Waals surface area contributed by atoms with E-state index in [-0.39, 0.29) is 40.4 Å². The highest BCUT2D eigenvalue weighted by molar-refractivity contribution is 5.90. The number of carbonyl (C=O) groups is 1. The van der Waals surface area contributed by atoms with E-state index in [1.54, 1.807) is 22.9 Å². The van der Waals surface area contributed by atoms with Gasteiger partial charge in [0.05, 0.1) is 16.9 Å². The number of imidazole rings is 1. The number of benzene rings is 1. The largest absolute Gasteiger partial charge is 0.412 e. The van der Waals surface area contributed by atoms with Crippen molar-refractivity contribution in [3.8, 4) is 11.3 Å². The third kappa shape index (κ3) is 4.01. The van der Waals surface area contributed by atoms with Crippen molar-refractivity contribution in [2.75, 3.05) is 11.9 Å². The summed E-state index contributed by atoms with van der Waals surface area (Å²) in [6.45, 7) is 4.48. The van der Waals surface area contributed by atoms with E-state index in [1.165, 1.54) is 0 Å². The summed E-state index contributed by atoms with van der Waals surface area (Å²) < 4.78 is 1.73. The van der Waals surface area contributed by atoms with Gasteiger partial charge < -0.3 is 37.8 Å². The zero-order valence-electron chi connectivity index (χ0n) is 16.5. The van der Waals surface area contributed by atoms with Crippen LogP contribution in [0.3, 0.4) is 0 Å². The van der Waals surface area contributed by atoms with Gasteiger partial charge in [0.25, 0.3) is 5.56 Å². The van der Waals surface area contributed by atoms with Crippen molar-refractivity contribution < 1.29 is 21.2 Å². The smallest absolute Gasteiger partial charge is 0.319 e. The highest BCUT2D eigenvalue weighted by Crippen LogP contribution is 2.45. The van der Waals surface area contributed by atoms with Crippen LogP contribution in [0, 0.1) is 0 Å². The van der Waals surface area contributed by atoms with E-state index in [2.05, 4.69) is 20.6 Å². The van der Waals surface area contributed by atoms with Gasteiger partial charge in [-0.05, 0) is 31.0 Å². The number of anilines is 1. The van der Waals surface area contributed by atoms with Gasteiger partial charge in [0.1, 0.15) is 0 Å². The van der Waals surface area contributed by atoms with Crippen LogP contribution in [0.1, 0.15) is 31.5 Å². The molecule has 30 heavy (non-hydrogen) atoms. The summed E-state index contributed by atoms with van der Waals surface area (Å²) in [7, 11) is 0. The van der Waals surface area contributed by atoms with E-state index in [0.717, 1.165) is 23.2 Å². The number of aromatic nitrogens is 3. The first-order chi connectivity index (χ1) is 12.4. The molecule has 0 fully saturated rings. The number of nitrogens with two attached hydrogens (primary N) is 1. The fraction of sp³-hybridized carbons (Fsp3) is 0.278. The topological polar surface area (TPSA) is 212 Å². The Hall–Kier alpha value is -2.96. The standard InChI is InChI=1S/C18H20N6O2.ClH.3H2O/c1-3-6-21-17(26)22-10-4-5-11-12(9-10)18(2,19)14-13(11)23-16(25)15-20-7-8-24(14)15;;;;/h4-5,7-9H,3,6,19H2,1-2H3,(H,23,25)(H2,21,22,26);1H;3*1H2. The minimum absolute atomic E-state index is 0. The summed E-state index contributed by atoms with van der Waals surface area (Å²) in [4.78, 5) is 31.2. The van der Waals surface area contributed by atoms with E-state index in [9.17, 15) is 9.59 Å². The number of nitrogens with zero attached hydrogens (tertiary/aromatic N) is 2. The molecule has 2 amide bonds. The van der Waals surface area contributed by atoms with Crippen LogP contribution >= 0.6 is 12.4 Å². The predicted octanol–water partition coefficient (Wildman–Crippen LogP) is -0.296. The minimum atomic E-state index is -0.842. The quantitative estimate of drug-likeness (QED) is 0.429. The van der Waals surface area contributed by atoms with Gasteiger partial charge in [0.2, 0.25) is 5.65 Å². The van der Waals surface area contributed by atoms with Gasteiger partial charge in [-0.25, -0.2) is 9.78 Å². The molecule has 3 aromatic rings. The molecule has 1 aliphatic carbocycles. The van der Waals surface area contributed by atoms with Gasteiger partial charge >= 0.3 is 6.03 Å². The van der Waals surface area contributed by atoms with Crippen LogP contribution in [0.4, 0.5) is 10.5 Å². The molecule has 2 aromatic heterocycles. The molecule has 11 N–H and O–H groups in total. The lowest BCUT2D eigenvalue weighted by Crippen LogP contribution is -2.35. The molecule has 2 heterocycles.